The van der Waals surface area contributed by atoms with Gasteiger partial charge in [0.25, 0.3) is 0 Å². The number of aromatic carboxylic acids is 1. The summed E-state index contributed by atoms with van der Waals surface area (Å²) in [5.41, 5.74) is 1.75. The van der Waals surface area contributed by atoms with Gasteiger partial charge in [0.15, 0.2) is 0 Å². The lowest BCUT2D eigenvalue weighted by atomic mass is 10.0. The number of hydrogen-bond donors (Lipinski definition) is 1. The molecule has 0 radical (unpaired) electrons. The molecule has 0 aliphatic rings. The Balaban J connectivity index is 2.54. The fourth-order valence-electron chi connectivity index (χ4n) is 1.91. The molecule has 0 aliphatic heterocycles. The molecule has 1 heterocycles. The zero-order chi connectivity index (χ0) is 13.1. The first kappa shape index (κ1) is 12.9. The van der Waals surface area contributed by atoms with E-state index < -0.39 is 5.97 Å². The Morgan fingerprint density at radius 3 is 2.83 bits per heavy atom. The highest BCUT2D eigenvalue weighted by Crippen LogP contribution is 2.30. The molecule has 1 aromatic heterocycles. The van der Waals surface area contributed by atoms with Crippen molar-refractivity contribution in [3.63, 3.8) is 0 Å². The summed E-state index contributed by atoms with van der Waals surface area (Å²) in [4.78, 5) is 11.4. The van der Waals surface area contributed by atoms with Gasteiger partial charge in [-0.3, -0.25) is 0 Å². The van der Waals surface area contributed by atoms with Crippen molar-refractivity contribution >= 4 is 21.9 Å². The molecule has 94 valence electrons. The van der Waals surface area contributed by atoms with E-state index in [1.165, 1.54) is 6.26 Å². The van der Waals surface area contributed by atoms with Crippen LogP contribution in [0.2, 0.25) is 0 Å². The lowest BCUT2D eigenvalue weighted by Crippen LogP contribution is -2.01. The molecule has 0 unspecified atom stereocenters. The normalized spacial score (nSPS) is 10.6. The largest absolute Gasteiger partial charge is 0.478 e. The zero-order valence-corrected chi connectivity index (χ0v) is 11.5. The maximum Gasteiger partial charge on any atom is 0.339 e. The monoisotopic (exact) mass is 308 g/mol. The van der Waals surface area contributed by atoms with Gasteiger partial charge in [-0.15, -0.1) is 0 Å². The van der Waals surface area contributed by atoms with Crippen molar-refractivity contribution in [2.45, 2.75) is 19.8 Å². The third-order valence-electron chi connectivity index (χ3n) is 2.69. The lowest BCUT2D eigenvalue weighted by molar-refractivity contribution is 0.0695. The van der Waals surface area contributed by atoms with Crippen LogP contribution in [0.15, 0.2) is 39.4 Å². The van der Waals surface area contributed by atoms with E-state index in [1.54, 1.807) is 0 Å². The Labute approximate surface area is 114 Å². The second-order valence-electron chi connectivity index (χ2n) is 4.01. The van der Waals surface area contributed by atoms with Gasteiger partial charge in [-0.25, -0.2) is 4.79 Å². The maximum absolute atomic E-state index is 11.4. The van der Waals surface area contributed by atoms with Crippen molar-refractivity contribution in [3.8, 4) is 11.1 Å². The van der Waals surface area contributed by atoms with Crippen LogP contribution in [0.5, 0.6) is 0 Å². The molecule has 0 fully saturated rings. The number of benzene rings is 1. The first-order valence-corrected chi connectivity index (χ1v) is 6.52. The average molecular weight is 309 g/mol. The van der Waals surface area contributed by atoms with Crippen molar-refractivity contribution in [2.24, 2.45) is 0 Å². The number of carboxylic acid groups (broad SMARTS) is 1. The third kappa shape index (κ3) is 2.48. The summed E-state index contributed by atoms with van der Waals surface area (Å²) in [6.07, 6.45) is 3.01. The number of rotatable bonds is 4. The van der Waals surface area contributed by atoms with E-state index in [-0.39, 0.29) is 5.56 Å². The number of halogens is 1. The molecule has 3 nitrogen and oxygen atoms in total. The van der Waals surface area contributed by atoms with Gasteiger partial charge in [-0.05, 0) is 24.1 Å². The van der Waals surface area contributed by atoms with Gasteiger partial charge in [0.1, 0.15) is 11.3 Å². The van der Waals surface area contributed by atoms with Crippen molar-refractivity contribution < 1.29 is 14.3 Å². The van der Waals surface area contributed by atoms with Gasteiger partial charge in [0, 0.05) is 16.5 Å². The van der Waals surface area contributed by atoms with Gasteiger partial charge in [-0.2, -0.15) is 0 Å². The number of carbonyl (C=O) groups is 1. The minimum Gasteiger partial charge on any atom is -0.478 e. The number of hydrogen-bond acceptors (Lipinski definition) is 2. The van der Waals surface area contributed by atoms with Crippen molar-refractivity contribution in [2.75, 3.05) is 0 Å². The molecule has 0 bridgehead atoms. The molecular formula is C14H13BrO3. The Morgan fingerprint density at radius 1 is 1.44 bits per heavy atom. The molecule has 2 rings (SSSR count). The summed E-state index contributed by atoms with van der Waals surface area (Å²) in [5, 5.41) is 9.32. The number of carboxylic acids is 1. The van der Waals surface area contributed by atoms with Crippen molar-refractivity contribution in [3.05, 3.63) is 46.3 Å². The van der Waals surface area contributed by atoms with E-state index in [0.717, 1.165) is 16.5 Å². The summed E-state index contributed by atoms with van der Waals surface area (Å²) in [7, 11) is 0. The summed E-state index contributed by atoms with van der Waals surface area (Å²) in [6.45, 7) is 1.99. The second-order valence-corrected chi connectivity index (χ2v) is 4.93. The van der Waals surface area contributed by atoms with Crippen molar-refractivity contribution in [1.29, 1.82) is 0 Å². The summed E-state index contributed by atoms with van der Waals surface area (Å²) in [5.74, 6) is -0.401. The lowest BCUT2D eigenvalue weighted by Gasteiger charge is -2.01. The summed E-state index contributed by atoms with van der Waals surface area (Å²) in [6, 6.07) is 7.53. The van der Waals surface area contributed by atoms with Gasteiger partial charge >= 0.3 is 5.97 Å². The standard InChI is InChI=1S/C14H13BrO3/c1-2-4-12-13(14(16)17)11(8-18-12)9-5-3-6-10(15)7-9/h3,5-8H,2,4H2,1H3,(H,16,17). The highest BCUT2D eigenvalue weighted by atomic mass is 79.9. The van der Waals surface area contributed by atoms with E-state index in [9.17, 15) is 9.90 Å². The third-order valence-corrected chi connectivity index (χ3v) is 3.19. The molecule has 0 spiro atoms. The Morgan fingerprint density at radius 2 is 2.22 bits per heavy atom. The average Bonchev–Trinajstić information content (AvgIpc) is 2.73. The maximum atomic E-state index is 11.4. The van der Waals surface area contributed by atoms with Crippen LogP contribution in [0, 0.1) is 0 Å². The van der Waals surface area contributed by atoms with Crippen LogP contribution < -0.4 is 0 Å². The van der Waals surface area contributed by atoms with Gasteiger partial charge in [-0.1, -0.05) is 35.0 Å². The molecule has 0 aliphatic carbocycles. The van der Waals surface area contributed by atoms with Crippen LogP contribution in [-0.2, 0) is 6.42 Å². The predicted molar refractivity (Wildman–Crippen MR) is 72.8 cm³/mol. The van der Waals surface area contributed by atoms with E-state index in [2.05, 4.69) is 15.9 Å². The fraction of sp³-hybridized carbons (Fsp3) is 0.214. The molecular weight excluding hydrogens is 296 g/mol. The molecule has 0 amide bonds. The van der Waals surface area contributed by atoms with Crippen molar-refractivity contribution in [1.82, 2.24) is 0 Å². The fourth-order valence-corrected chi connectivity index (χ4v) is 2.31. The molecule has 0 saturated carbocycles. The van der Waals surface area contributed by atoms with Crippen LogP contribution in [0.4, 0.5) is 0 Å². The highest BCUT2D eigenvalue weighted by molar-refractivity contribution is 9.10. The van der Waals surface area contributed by atoms with Gasteiger partial charge in [0.05, 0.1) is 6.26 Å². The highest BCUT2D eigenvalue weighted by Gasteiger charge is 2.20. The molecule has 0 atom stereocenters. The van der Waals surface area contributed by atoms with Crippen LogP contribution >= 0.6 is 15.9 Å². The molecule has 4 heteroatoms. The van der Waals surface area contributed by atoms with E-state index in [4.69, 9.17) is 4.42 Å². The smallest absolute Gasteiger partial charge is 0.339 e. The van der Waals surface area contributed by atoms with Gasteiger partial charge < -0.3 is 9.52 Å². The summed E-state index contributed by atoms with van der Waals surface area (Å²) >= 11 is 3.38. The Bertz CT molecular complexity index is 572. The molecule has 1 N–H and O–H groups in total. The first-order valence-electron chi connectivity index (χ1n) is 5.73. The Kier molecular flexibility index (Phi) is 3.87. The van der Waals surface area contributed by atoms with E-state index in [1.807, 2.05) is 31.2 Å². The molecule has 0 saturated heterocycles. The molecule has 2 aromatic rings. The topological polar surface area (TPSA) is 50.4 Å². The predicted octanol–water partition coefficient (Wildman–Crippen LogP) is 4.36. The van der Waals surface area contributed by atoms with Crippen LogP contribution in [0.3, 0.4) is 0 Å². The minimum absolute atomic E-state index is 0.273. The number of aryl methyl sites for hydroxylation is 1. The van der Waals surface area contributed by atoms with E-state index >= 15 is 0 Å². The summed E-state index contributed by atoms with van der Waals surface area (Å²) < 4.78 is 6.31. The molecule has 18 heavy (non-hydrogen) atoms. The van der Waals surface area contributed by atoms with E-state index in [0.29, 0.717) is 17.7 Å². The van der Waals surface area contributed by atoms with Crippen LogP contribution in [0.1, 0.15) is 29.5 Å². The Hall–Kier alpha value is -1.55. The van der Waals surface area contributed by atoms with Crippen LogP contribution in [-0.4, -0.2) is 11.1 Å². The SMILES string of the molecule is CCCc1occ(-c2cccc(Br)c2)c1C(=O)O. The van der Waals surface area contributed by atoms with Gasteiger partial charge in [0.2, 0.25) is 0 Å². The first-order chi connectivity index (χ1) is 8.63. The molecule has 1 aromatic carbocycles. The quantitative estimate of drug-likeness (QED) is 0.913. The minimum atomic E-state index is -0.942. The number of furan rings is 1. The second kappa shape index (κ2) is 5.40. The zero-order valence-electron chi connectivity index (χ0n) is 9.94. The van der Waals surface area contributed by atoms with Crippen LogP contribution in [0.25, 0.3) is 11.1 Å².